The first-order valence-corrected chi connectivity index (χ1v) is 13.4. The molecular formula is C27H32N6O4S. The van der Waals surface area contributed by atoms with Crippen molar-refractivity contribution < 1.29 is 14.1 Å². The van der Waals surface area contributed by atoms with E-state index in [1.165, 1.54) is 22.0 Å². The summed E-state index contributed by atoms with van der Waals surface area (Å²) in [6, 6.07) is 9.73. The van der Waals surface area contributed by atoms with Gasteiger partial charge in [0, 0.05) is 32.6 Å². The first-order valence-electron chi connectivity index (χ1n) is 12.6. The predicted octanol–water partition coefficient (Wildman–Crippen LogP) is 3.67. The number of nitrogens with zero attached hydrogens (tertiary/aromatic N) is 4. The van der Waals surface area contributed by atoms with Crippen molar-refractivity contribution in [3.8, 4) is 0 Å². The molecule has 1 atom stereocenters. The summed E-state index contributed by atoms with van der Waals surface area (Å²) >= 11 is 1.79. The molecule has 0 saturated carbocycles. The molecule has 0 spiro atoms. The zero-order chi connectivity index (χ0) is 27.1. The van der Waals surface area contributed by atoms with Gasteiger partial charge in [0.2, 0.25) is 0 Å². The number of amides is 2. The minimum Gasteiger partial charge on any atom is -0.358 e. The van der Waals surface area contributed by atoms with E-state index in [1.807, 2.05) is 12.1 Å². The van der Waals surface area contributed by atoms with Gasteiger partial charge in [-0.3, -0.25) is 14.4 Å². The first kappa shape index (κ1) is 27.2. The number of anilines is 1. The number of thiazole rings is 1. The Balaban J connectivity index is 0.000000186. The quantitative estimate of drug-likeness (QED) is 0.285. The van der Waals surface area contributed by atoms with Gasteiger partial charge >= 0.3 is 11.8 Å². The topological polar surface area (TPSA) is 124 Å². The fourth-order valence-corrected chi connectivity index (χ4v) is 5.20. The molecule has 1 aliphatic rings. The van der Waals surface area contributed by atoms with Gasteiger partial charge in [-0.2, -0.15) is 5.16 Å². The Morgan fingerprint density at radius 2 is 2.18 bits per heavy atom. The van der Waals surface area contributed by atoms with Crippen LogP contribution in [0.2, 0.25) is 0 Å². The summed E-state index contributed by atoms with van der Waals surface area (Å²) in [4.78, 5) is 47.9. The number of aromatic nitrogens is 3. The number of carbonyl (C=O) groups is 2. The summed E-state index contributed by atoms with van der Waals surface area (Å²) in [6.45, 7) is 8.94. The molecule has 0 aliphatic carbocycles. The molecule has 1 unspecified atom stereocenters. The molecule has 2 N–H and O–H groups in total. The third-order valence-electron chi connectivity index (χ3n) is 6.22. The lowest BCUT2D eigenvalue weighted by Gasteiger charge is -2.30. The summed E-state index contributed by atoms with van der Waals surface area (Å²) in [5.41, 5.74) is 1.12. The third kappa shape index (κ3) is 6.93. The van der Waals surface area contributed by atoms with E-state index in [9.17, 15) is 14.4 Å². The molecule has 3 aromatic heterocycles. The van der Waals surface area contributed by atoms with Crippen LogP contribution in [0.25, 0.3) is 21.3 Å². The minimum atomic E-state index is -0.727. The average molecular weight is 537 g/mol. The Hall–Kier alpha value is -3.83. The van der Waals surface area contributed by atoms with Crippen molar-refractivity contribution in [1.29, 1.82) is 0 Å². The van der Waals surface area contributed by atoms with Crippen molar-refractivity contribution in [3.63, 3.8) is 0 Å². The van der Waals surface area contributed by atoms with Gasteiger partial charge in [0.15, 0.2) is 0 Å². The van der Waals surface area contributed by atoms with E-state index in [0.29, 0.717) is 19.0 Å². The highest BCUT2D eigenvalue weighted by Gasteiger charge is 2.26. The van der Waals surface area contributed by atoms with E-state index in [-0.39, 0.29) is 16.8 Å². The maximum absolute atomic E-state index is 12.1. The molecular weight excluding hydrogens is 504 g/mol. The van der Waals surface area contributed by atoms with Crippen LogP contribution in [-0.4, -0.2) is 70.0 Å². The van der Waals surface area contributed by atoms with E-state index in [4.69, 9.17) is 4.52 Å². The highest BCUT2D eigenvalue weighted by atomic mass is 32.1. The summed E-state index contributed by atoms with van der Waals surface area (Å²) in [5, 5.41) is 6.07. The second kappa shape index (κ2) is 12.6. The molecule has 200 valence electrons. The van der Waals surface area contributed by atoms with E-state index in [1.54, 1.807) is 16.2 Å². The largest absolute Gasteiger partial charge is 0.358 e. The van der Waals surface area contributed by atoms with Crippen LogP contribution in [0.15, 0.2) is 58.5 Å². The van der Waals surface area contributed by atoms with Gasteiger partial charge in [-0.05, 0) is 44.0 Å². The molecule has 0 bridgehead atoms. The third-order valence-corrected chi connectivity index (χ3v) is 7.32. The molecule has 2 amide bonds. The SMILES string of the molecule is C=CCN(C)CCc1nc2ccccc2s1.CC1CCCN(C(=O)C(=O)Nc2cnc3o[nH]c(=O)c3c2)C1. The maximum Gasteiger partial charge on any atom is 0.313 e. The number of hydrogen-bond donors (Lipinski definition) is 2. The number of rotatable bonds is 6. The second-order valence-corrected chi connectivity index (χ2v) is 10.6. The Morgan fingerprint density at radius 1 is 1.37 bits per heavy atom. The van der Waals surface area contributed by atoms with Crippen LogP contribution >= 0.6 is 11.3 Å². The van der Waals surface area contributed by atoms with Crippen molar-refractivity contribution in [2.24, 2.45) is 5.92 Å². The molecule has 5 rings (SSSR count). The van der Waals surface area contributed by atoms with E-state index in [2.05, 4.69) is 64.1 Å². The smallest absolute Gasteiger partial charge is 0.313 e. The monoisotopic (exact) mass is 536 g/mol. The number of fused-ring (bicyclic) bond motifs is 2. The van der Waals surface area contributed by atoms with Crippen molar-refractivity contribution in [2.75, 3.05) is 38.5 Å². The molecule has 4 aromatic rings. The Morgan fingerprint density at radius 3 is 2.95 bits per heavy atom. The molecule has 0 radical (unpaired) electrons. The maximum atomic E-state index is 12.1. The predicted molar refractivity (Wildman–Crippen MR) is 149 cm³/mol. The number of nitrogens with one attached hydrogen (secondary N) is 2. The lowest BCUT2D eigenvalue weighted by atomic mass is 10.0. The molecule has 1 saturated heterocycles. The number of piperidine rings is 1. The number of benzene rings is 1. The number of carbonyl (C=O) groups excluding carboxylic acids is 2. The van der Waals surface area contributed by atoms with Crippen LogP contribution in [0.1, 0.15) is 24.8 Å². The normalized spacial score (nSPS) is 15.3. The van der Waals surface area contributed by atoms with Crippen molar-refractivity contribution in [2.45, 2.75) is 26.2 Å². The average Bonchev–Trinajstić information content (AvgIpc) is 3.50. The lowest BCUT2D eigenvalue weighted by Crippen LogP contribution is -2.44. The number of H-pyrrole nitrogens is 1. The van der Waals surface area contributed by atoms with Gasteiger partial charge in [-0.25, -0.2) is 9.97 Å². The number of aromatic amines is 1. The number of likely N-dealkylation sites (tertiary alicyclic amines) is 1. The molecule has 4 heterocycles. The van der Waals surface area contributed by atoms with Crippen molar-refractivity contribution in [3.05, 3.63) is 64.5 Å². The summed E-state index contributed by atoms with van der Waals surface area (Å²) < 4.78 is 6.11. The van der Waals surface area contributed by atoms with E-state index >= 15 is 0 Å². The minimum absolute atomic E-state index is 0.152. The number of para-hydroxylation sites is 1. The van der Waals surface area contributed by atoms with Crippen LogP contribution in [0, 0.1) is 5.92 Å². The molecule has 1 aromatic carbocycles. The number of likely N-dealkylation sites (N-methyl/N-ethyl adjacent to an activating group) is 1. The van der Waals surface area contributed by atoms with Gasteiger partial charge in [0.1, 0.15) is 5.39 Å². The summed E-state index contributed by atoms with van der Waals surface area (Å²) in [6.07, 6.45) is 6.25. The summed E-state index contributed by atoms with van der Waals surface area (Å²) in [7, 11) is 2.11. The van der Waals surface area contributed by atoms with Gasteiger partial charge < -0.3 is 19.6 Å². The van der Waals surface area contributed by atoms with Crippen LogP contribution < -0.4 is 10.9 Å². The molecule has 1 fully saturated rings. The highest BCUT2D eigenvalue weighted by molar-refractivity contribution is 7.18. The Kier molecular flexibility index (Phi) is 9.03. The Labute approximate surface area is 224 Å². The van der Waals surface area contributed by atoms with Crippen LogP contribution in [0.4, 0.5) is 5.69 Å². The highest BCUT2D eigenvalue weighted by Crippen LogP contribution is 2.22. The molecule has 1 aliphatic heterocycles. The fraction of sp³-hybridized carbons (Fsp3) is 0.370. The fourth-order valence-electron chi connectivity index (χ4n) is 4.24. The summed E-state index contributed by atoms with van der Waals surface area (Å²) in [5.74, 6) is -0.893. The second-order valence-electron chi connectivity index (χ2n) is 9.44. The van der Waals surface area contributed by atoms with Gasteiger partial charge in [-0.15, -0.1) is 17.9 Å². The number of pyridine rings is 1. The molecule has 11 heteroatoms. The standard InChI is InChI=1S/C14H16N4O4.C13H16N2S/c1-8-3-2-4-18(7-8)14(21)12(20)16-9-5-10-11(19)17-22-13(10)15-6-9;1-3-9-15(2)10-8-13-14-11-6-4-5-7-12(11)16-13/h5-6,8H,2-4,7H2,1H3,(H,16,20)(H,17,19);3-7H,1,8-10H2,2H3. The van der Waals surface area contributed by atoms with E-state index < -0.39 is 17.4 Å². The van der Waals surface area contributed by atoms with Crippen LogP contribution in [-0.2, 0) is 16.0 Å². The van der Waals surface area contributed by atoms with Gasteiger partial charge in [0.05, 0.1) is 27.1 Å². The molecule has 10 nitrogen and oxygen atoms in total. The van der Waals surface area contributed by atoms with Crippen molar-refractivity contribution in [1.82, 2.24) is 24.9 Å². The lowest BCUT2D eigenvalue weighted by molar-refractivity contribution is -0.144. The zero-order valence-electron chi connectivity index (χ0n) is 21.6. The van der Waals surface area contributed by atoms with Gasteiger partial charge in [-0.1, -0.05) is 25.1 Å². The van der Waals surface area contributed by atoms with Crippen LogP contribution in [0.3, 0.4) is 0 Å². The zero-order valence-corrected chi connectivity index (χ0v) is 22.4. The van der Waals surface area contributed by atoms with Crippen LogP contribution in [0.5, 0.6) is 0 Å². The Bertz CT molecular complexity index is 1440. The number of hydrogen-bond acceptors (Lipinski definition) is 8. The van der Waals surface area contributed by atoms with E-state index in [0.717, 1.165) is 37.9 Å². The van der Waals surface area contributed by atoms with Crippen molar-refractivity contribution >= 4 is 50.2 Å². The molecule has 38 heavy (non-hydrogen) atoms. The first-order chi connectivity index (χ1) is 18.3. The van der Waals surface area contributed by atoms with Gasteiger partial charge in [0.25, 0.3) is 11.3 Å².